The molecule has 4 rings (SSSR count). The first kappa shape index (κ1) is 18.4. The van der Waals surface area contributed by atoms with Gasteiger partial charge in [-0.1, -0.05) is 12.1 Å². The van der Waals surface area contributed by atoms with Crippen LogP contribution in [0, 0.1) is 0 Å². The summed E-state index contributed by atoms with van der Waals surface area (Å²) in [5, 5.41) is 7.69. The second-order valence-corrected chi connectivity index (χ2v) is 6.77. The lowest BCUT2D eigenvalue weighted by Crippen LogP contribution is -2.48. The molecule has 3 aromatic rings. The summed E-state index contributed by atoms with van der Waals surface area (Å²) in [6.45, 7) is 2.25. The Kier molecular flexibility index (Phi) is 4.54. The second-order valence-electron chi connectivity index (χ2n) is 6.77. The van der Waals surface area contributed by atoms with E-state index in [4.69, 9.17) is 4.74 Å². The summed E-state index contributed by atoms with van der Waals surface area (Å²) in [5.74, 6) is -0.219. The quantitative estimate of drug-likeness (QED) is 0.673. The van der Waals surface area contributed by atoms with Crippen LogP contribution in [0.2, 0.25) is 0 Å². The lowest BCUT2D eigenvalue weighted by Gasteiger charge is -2.38. The van der Waals surface area contributed by atoms with E-state index >= 15 is 0 Å². The van der Waals surface area contributed by atoms with Crippen molar-refractivity contribution < 1.29 is 22.7 Å². The fraction of sp³-hybridized carbons (Fsp3) is 0.316. The lowest BCUT2D eigenvalue weighted by atomic mass is 10.0. The zero-order chi connectivity index (χ0) is 19.9. The van der Waals surface area contributed by atoms with Crippen LogP contribution >= 0.6 is 0 Å². The number of morpholine rings is 1. The summed E-state index contributed by atoms with van der Waals surface area (Å²) >= 11 is 0. The number of rotatable bonds is 2. The van der Waals surface area contributed by atoms with E-state index in [0.29, 0.717) is 16.8 Å². The molecule has 2 aromatic heterocycles. The normalized spacial score (nSPS) is 20.5. The van der Waals surface area contributed by atoms with Gasteiger partial charge in [-0.05, 0) is 36.8 Å². The summed E-state index contributed by atoms with van der Waals surface area (Å²) < 4.78 is 46.4. The van der Waals surface area contributed by atoms with Crippen LogP contribution in [0.15, 0.2) is 48.9 Å². The van der Waals surface area contributed by atoms with Gasteiger partial charge < -0.3 is 9.64 Å². The summed E-state index contributed by atoms with van der Waals surface area (Å²) in [6.07, 6.45) is -1.91. The minimum absolute atomic E-state index is 0.168. The third-order valence-electron chi connectivity index (χ3n) is 4.82. The molecule has 6 nitrogen and oxygen atoms in total. The smallest absolute Gasteiger partial charge is 0.370 e. The van der Waals surface area contributed by atoms with Gasteiger partial charge in [0.1, 0.15) is 12.4 Å². The van der Waals surface area contributed by atoms with Crippen LogP contribution in [0.3, 0.4) is 0 Å². The van der Waals surface area contributed by atoms with E-state index in [0.717, 1.165) is 12.1 Å². The third kappa shape index (κ3) is 3.45. The number of hydrogen-bond acceptors (Lipinski definition) is 4. The van der Waals surface area contributed by atoms with E-state index in [1.807, 2.05) is 6.92 Å². The molecule has 146 valence electrons. The number of alkyl halides is 3. The number of amides is 1. The molecule has 0 bridgehead atoms. The molecule has 1 amide bonds. The van der Waals surface area contributed by atoms with Crippen LogP contribution in [0.5, 0.6) is 0 Å². The van der Waals surface area contributed by atoms with Gasteiger partial charge >= 0.3 is 6.18 Å². The number of benzene rings is 1. The summed E-state index contributed by atoms with van der Waals surface area (Å²) in [7, 11) is 0. The molecule has 0 N–H and O–H groups in total. The highest BCUT2D eigenvalue weighted by atomic mass is 19.4. The van der Waals surface area contributed by atoms with Crippen LogP contribution in [0.4, 0.5) is 13.2 Å². The number of carbonyl (C=O) groups excluding carboxylic acids is 1. The topological polar surface area (TPSA) is 59.7 Å². The molecule has 9 heteroatoms. The zero-order valence-corrected chi connectivity index (χ0v) is 14.9. The minimum atomic E-state index is -4.43. The lowest BCUT2D eigenvalue weighted by molar-refractivity contribution is -0.137. The molecule has 2 unspecified atom stereocenters. The predicted octanol–water partition coefficient (Wildman–Crippen LogP) is 3.35. The van der Waals surface area contributed by atoms with Crippen LogP contribution in [-0.4, -0.2) is 44.6 Å². The molecule has 3 heterocycles. The monoisotopic (exact) mass is 390 g/mol. The maximum absolute atomic E-state index is 13.0. The highest BCUT2D eigenvalue weighted by Crippen LogP contribution is 2.33. The Bertz CT molecular complexity index is 1020. The van der Waals surface area contributed by atoms with Gasteiger partial charge in [-0.3, -0.25) is 9.20 Å². The van der Waals surface area contributed by atoms with Gasteiger partial charge in [0, 0.05) is 6.20 Å². The number of ether oxygens (including phenoxy) is 1. The molecule has 1 fully saturated rings. The summed E-state index contributed by atoms with van der Waals surface area (Å²) in [4.78, 5) is 14.6. The number of fused-ring (bicyclic) bond motifs is 1. The SMILES string of the molecule is CC1COC(c2cccc(C(F)(F)F)c2)CN1C(=O)c1ccc2nncn2c1. The largest absolute Gasteiger partial charge is 0.416 e. The Morgan fingerprint density at radius 3 is 2.86 bits per heavy atom. The van der Waals surface area contributed by atoms with E-state index in [1.165, 1.54) is 12.4 Å². The van der Waals surface area contributed by atoms with Gasteiger partial charge in [0.2, 0.25) is 0 Å². The van der Waals surface area contributed by atoms with Crippen molar-refractivity contribution in [3.05, 3.63) is 65.6 Å². The molecule has 28 heavy (non-hydrogen) atoms. The van der Waals surface area contributed by atoms with Crippen molar-refractivity contribution in [3.63, 3.8) is 0 Å². The molecule has 0 radical (unpaired) electrons. The van der Waals surface area contributed by atoms with Gasteiger partial charge in [-0.25, -0.2) is 0 Å². The van der Waals surface area contributed by atoms with Gasteiger partial charge in [0.25, 0.3) is 5.91 Å². The first-order valence-electron chi connectivity index (χ1n) is 8.72. The van der Waals surface area contributed by atoms with Crippen molar-refractivity contribution in [2.45, 2.75) is 25.2 Å². The second kappa shape index (κ2) is 6.90. The predicted molar refractivity (Wildman–Crippen MR) is 93.6 cm³/mol. The van der Waals surface area contributed by atoms with E-state index in [-0.39, 0.29) is 25.1 Å². The highest BCUT2D eigenvalue weighted by Gasteiger charge is 2.34. The van der Waals surface area contributed by atoms with Crippen LogP contribution < -0.4 is 0 Å². The fourth-order valence-electron chi connectivity index (χ4n) is 3.28. The zero-order valence-electron chi connectivity index (χ0n) is 14.9. The fourth-order valence-corrected chi connectivity index (χ4v) is 3.28. The highest BCUT2D eigenvalue weighted by molar-refractivity contribution is 5.94. The molecule has 0 aliphatic carbocycles. The van der Waals surface area contributed by atoms with Crippen molar-refractivity contribution in [2.24, 2.45) is 0 Å². The van der Waals surface area contributed by atoms with Gasteiger partial charge in [0.05, 0.1) is 30.3 Å². The summed E-state index contributed by atoms with van der Waals surface area (Å²) in [6, 6.07) is 8.18. The average Bonchev–Trinajstić information content (AvgIpc) is 3.15. The maximum atomic E-state index is 13.0. The maximum Gasteiger partial charge on any atom is 0.416 e. The molecule has 1 saturated heterocycles. The Morgan fingerprint density at radius 2 is 2.07 bits per heavy atom. The van der Waals surface area contributed by atoms with Crippen LogP contribution in [0.25, 0.3) is 5.65 Å². The number of nitrogens with zero attached hydrogens (tertiary/aromatic N) is 4. The van der Waals surface area contributed by atoms with Crippen molar-refractivity contribution in [3.8, 4) is 0 Å². The van der Waals surface area contributed by atoms with Crippen LogP contribution in [-0.2, 0) is 10.9 Å². The number of halogens is 3. The summed E-state index contributed by atoms with van der Waals surface area (Å²) in [5.41, 5.74) is 0.731. The van der Waals surface area contributed by atoms with Gasteiger partial charge in [-0.2, -0.15) is 13.2 Å². The Morgan fingerprint density at radius 1 is 1.25 bits per heavy atom. The first-order valence-corrected chi connectivity index (χ1v) is 8.72. The van der Waals surface area contributed by atoms with E-state index in [2.05, 4.69) is 10.2 Å². The molecular formula is C19H17F3N4O2. The molecular weight excluding hydrogens is 373 g/mol. The Balaban J connectivity index is 1.59. The Labute approximate surface area is 158 Å². The van der Waals surface area contributed by atoms with Crippen molar-refractivity contribution in [1.29, 1.82) is 0 Å². The van der Waals surface area contributed by atoms with Crippen LogP contribution in [0.1, 0.15) is 34.5 Å². The van der Waals surface area contributed by atoms with Crippen molar-refractivity contribution >= 4 is 11.6 Å². The molecule has 1 aromatic carbocycles. The van der Waals surface area contributed by atoms with E-state index in [9.17, 15) is 18.0 Å². The average molecular weight is 390 g/mol. The molecule has 0 spiro atoms. The number of pyridine rings is 1. The van der Waals surface area contributed by atoms with E-state index < -0.39 is 17.8 Å². The number of aromatic nitrogens is 3. The molecule has 1 aliphatic rings. The minimum Gasteiger partial charge on any atom is -0.370 e. The van der Waals surface area contributed by atoms with Crippen molar-refractivity contribution in [2.75, 3.05) is 13.2 Å². The van der Waals surface area contributed by atoms with E-state index in [1.54, 1.807) is 33.7 Å². The number of hydrogen-bond donors (Lipinski definition) is 0. The first-order chi connectivity index (χ1) is 13.3. The van der Waals surface area contributed by atoms with Crippen molar-refractivity contribution in [1.82, 2.24) is 19.5 Å². The Hall–Kier alpha value is -2.94. The number of carbonyl (C=O) groups is 1. The molecule has 1 aliphatic heterocycles. The molecule has 2 atom stereocenters. The molecule has 0 saturated carbocycles. The standard InChI is InChI=1S/C19H17F3N4O2/c1-12-10-28-16(13-3-2-4-15(7-13)19(20,21)22)9-26(12)18(27)14-5-6-17-24-23-11-25(17)8-14/h2-8,11-12,16H,9-10H2,1H3. The van der Waals surface area contributed by atoms with Gasteiger partial charge in [0.15, 0.2) is 5.65 Å². The van der Waals surface area contributed by atoms with Gasteiger partial charge in [-0.15, -0.1) is 10.2 Å². The third-order valence-corrected chi connectivity index (χ3v) is 4.82.